The maximum absolute atomic E-state index is 11.5. The summed E-state index contributed by atoms with van der Waals surface area (Å²) in [6, 6.07) is 0. The van der Waals surface area contributed by atoms with Crippen molar-refractivity contribution in [2.75, 3.05) is 13.1 Å². The highest BCUT2D eigenvalue weighted by atomic mass is 16.3. The Morgan fingerprint density at radius 1 is 1.29 bits per heavy atom. The first kappa shape index (κ1) is 9.93. The van der Waals surface area contributed by atoms with E-state index in [1.54, 1.807) is 0 Å². The van der Waals surface area contributed by atoms with Crippen molar-refractivity contribution in [1.29, 1.82) is 0 Å². The molecule has 1 aliphatic heterocycles. The lowest BCUT2D eigenvalue weighted by Crippen LogP contribution is -2.49. The molecule has 0 radical (unpaired) electrons. The molecule has 1 heterocycles. The molecule has 4 heteroatoms. The van der Waals surface area contributed by atoms with E-state index in [1.807, 2.05) is 5.01 Å². The topological polar surface area (TPSA) is 52.6 Å². The lowest BCUT2D eigenvalue weighted by molar-refractivity contribution is -0.135. The molecule has 2 fully saturated rings. The number of carbonyl (C=O) groups excluding carboxylic acids is 1. The van der Waals surface area contributed by atoms with E-state index in [4.69, 9.17) is 0 Å². The Kier molecular flexibility index (Phi) is 3.03. The molecule has 1 amide bonds. The van der Waals surface area contributed by atoms with Crippen LogP contribution < -0.4 is 5.43 Å². The van der Waals surface area contributed by atoms with Crippen LogP contribution in [0, 0.1) is 5.92 Å². The van der Waals surface area contributed by atoms with Gasteiger partial charge in [0.25, 0.3) is 5.91 Å². The second kappa shape index (κ2) is 4.28. The van der Waals surface area contributed by atoms with Gasteiger partial charge >= 0.3 is 0 Å². The van der Waals surface area contributed by atoms with E-state index in [9.17, 15) is 9.90 Å². The first-order chi connectivity index (χ1) is 6.77. The minimum absolute atomic E-state index is 0.214. The number of carbonyl (C=O) groups is 1. The van der Waals surface area contributed by atoms with Crippen LogP contribution in [-0.2, 0) is 4.79 Å². The number of rotatable bonds is 3. The van der Waals surface area contributed by atoms with Gasteiger partial charge in [-0.2, -0.15) is 0 Å². The molecule has 80 valence electrons. The highest BCUT2D eigenvalue weighted by Crippen LogP contribution is 2.32. The first-order valence-electron chi connectivity index (χ1n) is 5.51. The van der Waals surface area contributed by atoms with Crippen LogP contribution in [0.1, 0.15) is 32.1 Å². The average Bonchev–Trinajstić information content (AvgIpc) is 3.01. The van der Waals surface area contributed by atoms with Crippen molar-refractivity contribution in [2.24, 2.45) is 5.92 Å². The molecule has 1 aliphatic carbocycles. The molecule has 1 saturated heterocycles. The third kappa shape index (κ3) is 2.45. The van der Waals surface area contributed by atoms with E-state index in [2.05, 4.69) is 5.43 Å². The quantitative estimate of drug-likeness (QED) is 0.684. The molecule has 0 spiro atoms. The Morgan fingerprint density at radius 3 is 2.50 bits per heavy atom. The van der Waals surface area contributed by atoms with Crippen molar-refractivity contribution in [3.8, 4) is 0 Å². The van der Waals surface area contributed by atoms with E-state index in [0.29, 0.717) is 0 Å². The Labute approximate surface area is 84.2 Å². The second-order valence-corrected chi connectivity index (χ2v) is 4.31. The van der Waals surface area contributed by atoms with Crippen LogP contribution in [0.25, 0.3) is 0 Å². The summed E-state index contributed by atoms with van der Waals surface area (Å²) in [5.74, 6) is 0.00851. The number of piperidine rings is 1. The molecule has 0 aromatic rings. The molecule has 0 aromatic carbocycles. The number of hydrogen-bond donors (Lipinski definition) is 2. The Balaban J connectivity index is 1.74. The van der Waals surface area contributed by atoms with Gasteiger partial charge in [0.2, 0.25) is 0 Å². The monoisotopic (exact) mass is 198 g/mol. The number of hydrazine groups is 1. The van der Waals surface area contributed by atoms with Crippen molar-refractivity contribution in [3.63, 3.8) is 0 Å². The first-order valence-corrected chi connectivity index (χ1v) is 5.51. The van der Waals surface area contributed by atoms with E-state index >= 15 is 0 Å². The molecule has 1 unspecified atom stereocenters. The van der Waals surface area contributed by atoms with Crippen LogP contribution in [0.3, 0.4) is 0 Å². The summed E-state index contributed by atoms with van der Waals surface area (Å²) in [5, 5.41) is 11.5. The highest BCUT2D eigenvalue weighted by molar-refractivity contribution is 5.80. The fraction of sp³-hybridized carbons (Fsp3) is 0.900. The van der Waals surface area contributed by atoms with Crippen molar-refractivity contribution < 1.29 is 9.90 Å². The van der Waals surface area contributed by atoms with Crippen molar-refractivity contribution in [3.05, 3.63) is 0 Å². The normalized spacial score (nSPS) is 25.8. The van der Waals surface area contributed by atoms with E-state index in [1.165, 1.54) is 6.42 Å². The van der Waals surface area contributed by atoms with Gasteiger partial charge in [-0.15, -0.1) is 0 Å². The molecule has 1 saturated carbocycles. The minimum atomic E-state index is -0.781. The number of nitrogens with zero attached hydrogens (tertiary/aromatic N) is 1. The van der Waals surface area contributed by atoms with Crippen LogP contribution in [0.4, 0.5) is 0 Å². The molecule has 1 atom stereocenters. The molecule has 0 bridgehead atoms. The molecule has 4 nitrogen and oxygen atoms in total. The molecule has 2 rings (SSSR count). The molecule has 2 N–H and O–H groups in total. The zero-order valence-electron chi connectivity index (χ0n) is 8.41. The molecular weight excluding hydrogens is 180 g/mol. The van der Waals surface area contributed by atoms with Crippen LogP contribution in [0.2, 0.25) is 0 Å². The summed E-state index contributed by atoms with van der Waals surface area (Å²) >= 11 is 0. The third-order valence-electron chi connectivity index (χ3n) is 2.96. The summed E-state index contributed by atoms with van der Waals surface area (Å²) < 4.78 is 0. The van der Waals surface area contributed by atoms with Crippen LogP contribution in [-0.4, -0.2) is 35.2 Å². The summed E-state index contributed by atoms with van der Waals surface area (Å²) in [6.07, 6.45) is 4.73. The van der Waals surface area contributed by atoms with Gasteiger partial charge in [-0.3, -0.25) is 10.2 Å². The summed E-state index contributed by atoms with van der Waals surface area (Å²) in [4.78, 5) is 11.5. The lowest BCUT2D eigenvalue weighted by atomic mass is 10.2. The van der Waals surface area contributed by atoms with Crippen LogP contribution in [0.5, 0.6) is 0 Å². The second-order valence-electron chi connectivity index (χ2n) is 4.31. The van der Waals surface area contributed by atoms with Crippen LogP contribution >= 0.6 is 0 Å². The molecule has 0 aromatic heterocycles. The maximum Gasteiger partial charge on any atom is 0.263 e. The predicted octanol–water partition coefficient (Wildman–Crippen LogP) is 0.274. The average molecular weight is 198 g/mol. The standard InChI is InChI=1S/C10H18N2O2/c13-9(8-4-5-8)10(14)11-12-6-2-1-3-7-12/h8-9,13H,1-7H2,(H,11,14). The Bertz CT molecular complexity index is 210. The zero-order valence-corrected chi connectivity index (χ0v) is 8.41. The van der Waals surface area contributed by atoms with Gasteiger partial charge in [0.15, 0.2) is 0 Å². The SMILES string of the molecule is O=C(NN1CCCCC1)C(O)C1CC1. The van der Waals surface area contributed by atoms with Crippen molar-refractivity contribution in [2.45, 2.75) is 38.2 Å². The van der Waals surface area contributed by atoms with Gasteiger partial charge in [0.05, 0.1) is 0 Å². The van der Waals surface area contributed by atoms with Crippen molar-refractivity contribution in [1.82, 2.24) is 10.4 Å². The van der Waals surface area contributed by atoms with Gasteiger partial charge in [-0.05, 0) is 31.6 Å². The Morgan fingerprint density at radius 2 is 1.93 bits per heavy atom. The van der Waals surface area contributed by atoms with Crippen molar-refractivity contribution >= 4 is 5.91 Å². The number of aliphatic hydroxyl groups is 1. The van der Waals surface area contributed by atoms with Gasteiger partial charge < -0.3 is 5.11 Å². The van der Waals surface area contributed by atoms with Crippen LogP contribution in [0.15, 0.2) is 0 Å². The zero-order chi connectivity index (χ0) is 9.97. The van der Waals surface area contributed by atoms with Gasteiger partial charge in [0.1, 0.15) is 6.10 Å². The fourth-order valence-corrected chi connectivity index (χ4v) is 1.85. The molecular formula is C10H18N2O2. The summed E-state index contributed by atoms with van der Waals surface area (Å²) in [7, 11) is 0. The Hall–Kier alpha value is -0.610. The lowest BCUT2D eigenvalue weighted by Gasteiger charge is -2.27. The summed E-state index contributed by atoms with van der Waals surface area (Å²) in [5.41, 5.74) is 2.78. The molecule has 14 heavy (non-hydrogen) atoms. The third-order valence-corrected chi connectivity index (χ3v) is 2.96. The van der Waals surface area contributed by atoms with Gasteiger partial charge in [-0.25, -0.2) is 5.01 Å². The number of hydrogen-bond acceptors (Lipinski definition) is 3. The minimum Gasteiger partial charge on any atom is -0.383 e. The highest BCUT2D eigenvalue weighted by Gasteiger charge is 2.35. The number of nitrogens with one attached hydrogen (secondary N) is 1. The fourth-order valence-electron chi connectivity index (χ4n) is 1.85. The molecule has 2 aliphatic rings. The van der Waals surface area contributed by atoms with Gasteiger partial charge in [0, 0.05) is 13.1 Å². The predicted molar refractivity (Wildman–Crippen MR) is 52.3 cm³/mol. The number of aliphatic hydroxyl groups excluding tert-OH is 1. The van der Waals surface area contributed by atoms with E-state index in [0.717, 1.165) is 38.8 Å². The van der Waals surface area contributed by atoms with Gasteiger partial charge in [-0.1, -0.05) is 6.42 Å². The van der Waals surface area contributed by atoms with E-state index < -0.39 is 6.10 Å². The maximum atomic E-state index is 11.5. The summed E-state index contributed by atoms with van der Waals surface area (Å²) in [6.45, 7) is 1.84. The number of amides is 1. The largest absolute Gasteiger partial charge is 0.383 e. The van der Waals surface area contributed by atoms with E-state index in [-0.39, 0.29) is 11.8 Å². The smallest absolute Gasteiger partial charge is 0.263 e.